The fourth-order valence-corrected chi connectivity index (χ4v) is 2.52. The van der Waals surface area contributed by atoms with E-state index in [0.717, 1.165) is 44.8 Å². The molecule has 6 heteroatoms. The van der Waals surface area contributed by atoms with Crippen molar-refractivity contribution in [2.75, 3.05) is 18.5 Å². The lowest BCUT2D eigenvalue weighted by atomic mass is 9.93. The Kier molecular flexibility index (Phi) is 5.40. The number of amides is 2. The monoisotopic (exact) mass is 280 g/mol. The fourth-order valence-electron chi connectivity index (χ4n) is 2.52. The number of urea groups is 1. The number of carbonyl (C=O) groups excluding carboxylic acids is 1. The molecule has 0 spiro atoms. The second-order valence-corrected chi connectivity index (χ2v) is 5.28. The van der Waals surface area contributed by atoms with Gasteiger partial charge in [0.25, 0.3) is 0 Å². The highest BCUT2D eigenvalue weighted by Gasteiger charge is 2.22. The van der Waals surface area contributed by atoms with E-state index in [0.29, 0.717) is 5.92 Å². The summed E-state index contributed by atoms with van der Waals surface area (Å²) in [7, 11) is 0. The van der Waals surface area contributed by atoms with E-state index < -0.39 is 0 Å². The van der Waals surface area contributed by atoms with Crippen molar-refractivity contribution < 1.29 is 9.53 Å². The second kappa shape index (κ2) is 7.28. The molecular weight excluding hydrogens is 256 g/mol. The van der Waals surface area contributed by atoms with E-state index in [1.807, 2.05) is 6.07 Å². The van der Waals surface area contributed by atoms with Gasteiger partial charge in [-0.25, -0.2) is 9.48 Å². The highest BCUT2D eigenvalue weighted by atomic mass is 16.5. The molecule has 2 amide bonds. The molecule has 0 aliphatic carbocycles. The lowest BCUT2D eigenvalue weighted by Crippen LogP contribution is -2.42. The van der Waals surface area contributed by atoms with Gasteiger partial charge in [0, 0.05) is 31.9 Å². The van der Waals surface area contributed by atoms with Crippen LogP contribution in [0.2, 0.25) is 0 Å². The van der Waals surface area contributed by atoms with Gasteiger partial charge in [-0.3, -0.25) is 5.32 Å². The number of nitrogens with one attached hydrogen (secondary N) is 2. The zero-order chi connectivity index (χ0) is 14.4. The summed E-state index contributed by atoms with van der Waals surface area (Å²) in [6.07, 6.45) is 4.70. The van der Waals surface area contributed by atoms with E-state index >= 15 is 0 Å². The average molecular weight is 280 g/mol. The minimum atomic E-state index is -0.165. The molecule has 6 nitrogen and oxygen atoms in total. The normalized spacial score (nSPS) is 17.7. The van der Waals surface area contributed by atoms with Crippen LogP contribution >= 0.6 is 0 Å². The molecule has 2 heterocycles. The Labute approximate surface area is 119 Å². The van der Waals surface area contributed by atoms with Gasteiger partial charge < -0.3 is 10.1 Å². The van der Waals surface area contributed by atoms with E-state index in [1.54, 1.807) is 10.9 Å². The van der Waals surface area contributed by atoms with Gasteiger partial charge in [-0.05, 0) is 32.1 Å². The zero-order valence-electron chi connectivity index (χ0n) is 12.3. The summed E-state index contributed by atoms with van der Waals surface area (Å²) >= 11 is 0. The molecule has 112 valence electrons. The van der Waals surface area contributed by atoms with Crippen LogP contribution < -0.4 is 10.6 Å². The van der Waals surface area contributed by atoms with Crippen molar-refractivity contribution in [1.29, 1.82) is 0 Å². The molecule has 1 atom stereocenters. The first kappa shape index (κ1) is 14.8. The van der Waals surface area contributed by atoms with Gasteiger partial charge >= 0.3 is 6.03 Å². The first-order chi connectivity index (χ1) is 9.70. The van der Waals surface area contributed by atoms with Crippen molar-refractivity contribution >= 4 is 11.8 Å². The van der Waals surface area contributed by atoms with Gasteiger partial charge in [-0.2, -0.15) is 5.10 Å². The first-order valence-electron chi connectivity index (χ1n) is 7.37. The molecule has 0 bridgehead atoms. The van der Waals surface area contributed by atoms with Gasteiger partial charge in [0.2, 0.25) is 0 Å². The third-order valence-corrected chi connectivity index (χ3v) is 3.73. The van der Waals surface area contributed by atoms with Crippen molar-refractivity contribution in [1.82, 2.24) is 15.1 Å². The highest BCUT2D eigenvalue weighted by molar-refractivity contribution is 5.88. The maximum absolute atomic E-state index is 12.0. The quantitative estimate of drug-likeness (QED) is 0.869. The van der Waals surface area contributed by atoms with E-state index in [-0.39, 0.29) is 12.1 Å². The van der Waals surface area contributed by atoms with Gasteiger partial charge in [0.15, 0.2) is 0 Å². The smallest absolute Gasteiger partial charge is 0.320 e. The maximum atomic E-state index is 12.0. The third kappa shape index (κ3) is 3.96. The Bertz CT molecular complexity index is 427. The minimum Gasteiger partial charge on any atom is -0.381 e. The van der Waals surface area contributed by atoms with Gasteiger partial charge in [0.05, 0.1) is 6.20 Å². The van der Waals surface area contributed by atoms with Crippen LogP contribution in [0.25, 0.3) is 0 Å². The van der Waals surface area contributed by atoms with Crippen LogP contribution in [-0.2, 0) is 11.3 Å². The Balaban J connectivity index is 1.83. The van der Waals surface area contributed by atoms with Crippen molar-refractivity contribution in [3.8, 4) is 0 Å². The molecule has 0 radical (unpaired) electrons. The van der Waals surface area contributed by atoms with Crippen LogP contribution in [0.15, 0.2) is 12.3 Å². The Hall–Kier alpha value is -1.56. The third-order valence-electron chi connectivity index (χ3n) is 3.73. The molecule has 0 saturated carbocycles. The number of hydrogen-bond acceptors (Lipinski definition) is 3. The van der Waals surface area contributed by atoms with Crippen LogP contribution in [0.4, 0.5) is 10.6 Å². The summed E-state index contributed by atoms with van der Waals surface area (Å²) in [6.45, 7) is 6.53. The van der Waals surface area contributed by atoms with Crippen molar-refractivity contribution in [2.24, 2.45) is 5.92 Å². The Morgan fingerprint density at radius 2 is 2.30 bits per heavy atom. The maximum Gasteiger partial charge on any atom is 0.320 e. The Morgan fingerprint density at radius 3 is 3.00 bits per heavy atom. The molecular formula is C14H24N4O2. The number of hydrogen-bond donors (Lipinski definition) is 2. The number of aryl methyl sites for hydroxylation is 1. The topological polar surface area (TPSA) is 68.2 Å². The summed E-state index contributed by atoms with van der Waals surface area (Å²) in [5.41, 5.74) is 0. The summed E-state index contributed by atoms with van der Waals surface area (Å²) in [5.74, 6) is 1.23. The summed E-state index contributed by atoms with van der Waals surface area (Å²) in [4.78, 5) is 12.0. The molecule has 2 N–H and O–H groups in total. The minimum absolute atomic E-state index is 0.154. The SMILES string of the molecule is CCCn1nccc1NC(=O)N[C@H](C)C1CCOCC1. The zero-order valence-corrected chi connectivity index (χ0v) is 12.3. The summed E-state index contributed by atoms with van der Waals surface area (Å²) < 4.78 is 7.15. The average Bonchev–Trinajstić information content (AvgIpc) is 2.87. The summed E-state index contributed by atoms with van der Waals surface area (Å²) in [6, 6.07) is 1.80. The Morgan fingerprint density at radius 1 is 1.55 bits per heavy atom. The standard InChI is InChI=1S/C14H24N4O2/c1-3-8-18-13(4-7-15-18)17-14(19)16-11(2)12-5-9-20-10-6-12/h4,7,11-12H,3,5-6,8-10H2,1-2H3,(H2,16,17,19)/t11-/m1/s1. The van der Waals surface area contributed by atoms with E-state index in [4.69, 9.17) is 4.74 Å². The van der Waals surface area contributed by atoms with Crippen LogP contribution in [0, 0.1) is 5.92 Å². The van der Waals surface area contributed by atoms with Crippen molar-refractivity contribution in [2.45, 2.75) is 45.7 Å². The number of carbonyl (C=O) groups is 1. The molecule has 2 rings (SSSR count). The number of anilines is 1. The molecule has 1 aliphatic rings. The first-order valence-corrected chi connectivity index (χ1v) is 7.37. The molecule has 1 saturated heterocycles. The molecule has 1 aromatic rings. The largest absolute Gasteiger partial charge is 0.381 e. The number of nitrogens with zero attached hydrogens (tertiary/aromatic N) is 2. The number of ether oxygens (including phenoxy) is 1. The molecule has 0 aromatic carbocycles. The molecule has 20 heavy (non-hydrogen) atoms. The van der Waals surface area contributed by atoms with Crippen LogP contribution in [-0.4, -0.2) is 35.1 Å². The van der Waals surface area contributed by atoms with E-state index in [2.05, 4.69) is 29.6 Å². The van der Waals surface area contributed by atoms with Gasteiger partial charge in [-0.15, -0.1) is 0 Å². The predicted octanol–water partition coefficient (Wildman–Crippen LogP) is 2.23. The van der Waals surface area contributed by atoms with Crippen molar-refractivity contribution in [3.05, 3.63) is 12.3 Å². The molecule has 1 aliphatic heterocycles. The lowest BCUT2D eigenvalue weighted by Gasteiger charge is -2.28. The van der Waals surface area contributed by atoms with Crippen LogP contribution in [0.1, 0.15) is 33.1 Å². The van der Waals surface area contributed by atoms with Gasteiger partial charge in [-0.1, -0.05) is 6.92 Å². The predicted molar refractivity (Wildman–Crippen MR) is 77.7 cm³/mol. The molecule has 0 unspecified atom stereocenters. The van der Waals surface area contributed by atoms with Gasteiger partial charge in [0.1, 0.15) is 5.82 Å². The number of rotatable bonds is 5. The van der Waals surface area contributed by atoms with Crippen LogP contribution in [0.5, 0.6) is 0 Å². The lowest BCUT2D eigenvalue weighted by molar-refractivity contribution is 0.0573. The second-order valence-electron chi connectivity index (χ2n) is 5.28. The van der Waals surface area contributed by atoms with E-state index in [1.165, 1.54) is 0 Å². The summed E-state index contributed by atoms with van der Waals surface area (Å²) in [5, 5.41) is 10.1. The van der Waals surface area contributed by atoms with Crippen LogP contribution in [0.3, 0.4) is 0 Å². The molecule has 1 fully saturated rings. The molecule has 1 aromatic heterocycles. The van der Waals surface area contributed by atoms with E-state index in [9.17, 15) is 4.79 Å². The fraction of sp³-hybridized carbons (Fsp3) is 0.714. The number of aromatic nitrogens is 2. The van der Waals surface area contributed by atoms with Crippen molar-refractivity contribution in [3.63, 3.8) is 0 Å². The highest BCUT2D eigenvalue weighted by Crippen LogP contribution is 2.18.